The van der Waals surface area contributed by atoms with Gasteiger partial charge >= 0.3 is 12.1 Å². The van der Waals surface area contributed by atoms with E-state index in [-0.39, 0.29) is 18.8 Å². The maximum absolute atomic E-state index is 11.9. The van der Waals surface area contributed by atoms with E-state index in [2.05, 4.69) is 25.7 Å². The third-order valence-electron chi connectivity index (χ3n) is 2.94. The molecule has 0 saturated heterocycles. The Hall–Kier alpha value is -1.52. The van der Waals surface area contributed by atoms with Crippen LogP contribution in [0.15, 0.2) is 16.7 Å². The topological polar surface area (TPSA) is 114 Å². The van der Waals surface area contributed by atoms with Crippen molar-refractivity contribution < 1.29 is 29.6 Å². The third-order valence-corrected chi connectivity index (χ3v) is 3.60. The fraction of sp³-hybridized carbons (Fsp3) is 0.385. The number of nitrogens with zero attached hydrogens (tertiary/aromatic N) is 2. The zero-order valence-corrected chi connectivity index (χ0v) is 13.5. The normalized spacial score (nSPS) is 11.9. The number of fused-ring (bicyclic) bond motifs is 1. The van der Waals surface area contributed by atoms with Gasteiger partial charge in [-0.3, -0.25) is 0 Å². The first-order valence-electron chi connectivity index (χ1n) is 6.28. The first kappa shape index (κ1) is 16.8. The fourth-order valence-electron chi connectivity index (χ4n) is 2.13. The number of halogens is 1. The van der Waals surface area contributed by atoms with Crippen LogP contribution in [0.1, 0.15) is 16.2 Å². The summed E-state index contributed by atoms with van der Waals surface area (Å²) in [6, 6.07) is 3.60. The second-order valence-corrected chi connectivity index (χ2v) is 5.40. The van der Waals surface area contributed by atoms with Gasteiger partial charge in [-0.1, -0.05) is 0 Å². The molecule has 22 heavy (non-hydrogen) atoms. The van der Waals surface area contributed by atoms with Crippen molar-refractivity contribution in [2.45, 2.75) is 19.6 Å². The number of rotatable bonds is 5. The summed E-state index contributed by atoms with van der Waals surface area (Å²) in [5.74, 6) is -0.581. The van der Waals surface area contributed by atoms with Gasteiger partial charge in [-0.15, -0.1) is 0 Å². The van der Waals surface area contributed by atoms with Gasteiger partial charge < -0.3 is 29.4 Å². The zero-order valence-electron chi connectivity index (χ0n) is 11.9. The summed E-state index contributed by atoms with van der Waals surface area (Å²) in [5.41, 5.74) is 1.33. The van der Waals surface area contributed by atoms with E-state index in [1.807, 2.05) is 0 Å². The number of aromatic nitrogens is 2. The minimum Gasteiger partial charge on any atom is -0.464 e. The van der Waals surface area contributed by atoms with Crippen LogP contribution in [-0.2, 0) is 16.0 Å². The number of aliphatic hydroxyl groups is 3. The lowest BCUT2D eigenvalue weighted by Gasteiger charge is -2.15. The van der Waals surface area contributed by atoms with Gasteiger partial charge in [0.25, 0.3) is 0 Å². The lowest BCUT2D eigenvalue weighted by Crippen LogP contribution is -2.32. The zero-order chi connectivity index (χ0) is 16.5. The Balaban J connectivity index is 2.45. The molecule has 2 aromatic rings. The summed E-state index contributed by atoms with van der Waals surface area (Å²) in [6.07, 6.45) is -3.20. The molecule has 8 nitrogen and oxygen atoms in total. The van der Waals surface area contributed by atoms with Crippen LogP contribution in [0.4, 0.5) is 0 Å². The van der Waals surface area contributed by atoms with Gasteiger partial charge in [0, 0.05) is 17.6 Å². The van der Waals surface area contributed by atoms with Gasteiger partial charge in [0.1, 0.15) is 0 Å². The number of aryl methyl sites for hydroxylation is 1. The quantitative estimate of drug-likeness (QED) is 0.515. The van der Waals surface area contributed by atoms with Crippen LogP contribution >= 0.6 is 15.9 Å². The average Bonchev–Trinajstić information content (AvgIpc) is 2.71. The van der Waals surface area contributed by atoms with Gasteiger partial charge in [-0.25, -0.2) is 9.78 Å². The predicted molar refractivity (Wildman–Crippen MR) is 78.8 cm³/mol. The predicted octanol–water partition coefficient (Wildman–Crippen LogP) is 0.499. The van der Waals surface area contributed by atoms with E-state index in [9.17, 15) is 4.79 Å². The number of methoxy groups -OCH3 is 1. The molecule has 3 N–H and O–H groups in total. The van der Waals surface area contributed by atoms with E-state index in [0.29, 0.717) is 15.8 Å². The van der Waals surface area contributed by atoms with Gasteiger partial charge in [0.2, 0.25) is 0 Å². The van der Waals surface area contributed by atoms with Crippen LogP contribution in [0.5, 0.6) is 0 Å². The molecule has 2 heterocycles. The molecule has 0 aliphatic carbocycles. The highest BCUT2D eigenvalue weighted by atomic mass is 79.9. The Morgan fingerprint density at radius 2 is 2.09 bits per heavy atom. The van der Waals surface area contributed by atoms with Crippen molar-refractivity contribution in [2.24, 2.45) is 0 Å². The number of carbonyl (C=O) groups is 1. The number of carbonyl (C=O) groups excluding carboxylic acids is 1. The highest BCUT2D eigenvalue weighted by Crippen LogP contribution is 2.27. The lowest BCUT2D eigenvalue weighted by molar-refractivity contribution is -0.454. The van der Waals surface area contributed by atoms with E-state index in [4.69, 9.17) is 20.1 Å². The molecule has 0 radical (unpaired) electrons. The molecule has 0 fully saturated rings. The third kappa shape index (κ3) is 3.62. The van der Waals surface area contributed by atoms with Crippen LogP contribution in [0, 0.1) is 6.92 Å². The van der Waals surface area contributed by atoms with E-state index in [1.165, 1.54) is 7.11 Å². The molecule has 0 amide bonds. The molecular formula is C13H15BrN2O6. The molecule has 0 spiro atoms. The van der Waals surface area contributed by atoms with Crippen molar-refractivity contribution in [3.63, 3.8) is 0 Å². The maximum Gasteiger partial charge on any atom is 0.405 e. The summed E-state index contributed by atoms with van der Waals surface area (Å²) in [7, 11) is 1.27. The Bertz CT molecular complexity index is 707. The van der Waals surface area contributed by atoms with E-state index in [0.717, 1.165) is 5.39 Å². The monoisotopic (exact) mass is 374 g/mol. The molecule has 2 aromatic heterocycles. The molecule has 120 valence electrons. The lowest BCUT2D eigenvalue weighted by atomic mass is 10.2. The van der Waals surface area contributed by atoms with Crippen LogP contribution in [0.3, 0.4) is 0 Å². The fourth-order valence-corrected chi connectivity index (χ4v) is 2.73. The molecule has 0 aliphatic heterocycles. The van der Waals surface area contributed by atoms with Crippen molar-refractivity contribution in [2.75, 3.05) is 13.7 Å². The standard InChI is InChI=1S/C13H15BrN2O6/c1-7-5-8-6-9(14)16(3-4-22-13(18,19)20)11(8)10(15-7)12(17)21-2/h5-6,18-20H,3-4H2,1-2H3. The molecule has 0 aromatic carbocycles. The second-order valence-electron chi connectivity index (χ2n) is 4.58. The van der Waals surface area contributed by atoms with E-state index < -0.39 is 12.1 Å². The molecule has 0 atom stereocenters. The first-order valence-corrected chi connectivity index (χ1v) is 7.08. The van der Waals surface area contributed by atoms with Crippen LogP contribution in [0.2, 0.25) is 0 Å². The highest BCUT2D eigenvalue weighted by molar-refractivity contribution is 9.10. The van der Waals surface area contributed by atoms with Gasteiger partial charge in [-0.2, -0.15) is 0 Å². The smallest absolute Gasteiger partial charge is 0.405 e. The van der Waals surface area contributed by atoms with Crippen molar-refractivity contribution in [1.29, 1.82) is 0 Å². The van der Waals surface area contributed by atoms with Crippen molar-refractivity contribution >= 4 is 32.8 Å². The van der Waals surface area contributed by atoms with Crippen molar-refractivity contribution in [1.82, 2.24) is 9.55 Å². The molecule has 0 bridgehead atoms. The Morgan fingerprint density at radius 1 is 1.41 bits per heavy atom. The summed E-state index contributed by atoms with van der Waals surface area (Å²) < 4.78 is 11.5. The van der Waals surface area contributed by atoms with Gasteiger partial charge in [0.15, 0.2) is 5.69 Å². The highest BCUT2D eigenvalue weighted by Gasteiger charge is 2.21. The number of pyridine rings is 1. The Labute approximate surface area is 134 Å². The number of hydrogen-bond acceptors (Lipinski definition) is 7. The molecular weight excluding hydrogens is 360 g/mol. The Morgan fingerprint density at radius 3 is 2.68 bits per heavy atom. The van der Waals surface area contributed by atoms with Crippen molar-refractivity contribution in [3.8, 4) is 0 Å². The largest absolute Gasteiger partial charge is 0.464 e. The molecule has 9 heteroatoms. The number of hydrogen-bond donors (Lipinski definition) is 3. The number of ether oxygens (including phenoxy) is 2. The van der Waals surface area contributed by atoms with Crippen LogP contribution in [-0.4, -0.2) is 50.7 Å². The molecule has 2 rings (SSSR count). The minimum absolute atomic E-state index is 0.141. The Kier molecular flexibility index (Phi) is 4.83. The molecule has 0 aliphatic rings. The SMILES string of the molecule is COC(=O)c1nc(C)cc2cc(Br)n(CCOC(O)(O)O)c12. The van der Waals surface area contributed by atoms with Gasteiger partial charge in [-0.05, 0) is 35.0 Å². The minimum atomic E-state index is -3.20. The van der Waals surface area contributed by atoms with Crippen molar-refractivity contribution in [3.05, 3.63) is 28.1 Å². The van der Waals surface area contributed by atoms with E-state index >= 15 is 0 Å². The summed E-state index contributed by atoms with van der Waals surface area (Å²) in [4.78, 5) is 16.1. The second kappa shape index (κ2) is 6.31. The maximum atomic E-state index is 11.9. The van der Waals surface area contributed by atoms with Gasteiger partial charge in [0.05, 0.1) is 23.8 Å². The average molecular weight is 375 g/mol. The van der Waals surface area contributed by atoms with Crippen LogP contribution in [0.25, 0.3) is 10.9 Å². The summed E-state index contributed by atoms with van der Waals surface area (Å²) in [6.45, 7) is 1.69. The molecule has 0 saturated carbocycles. The summed E-state index contributed by atoms with van der Waals surface area (Å²) >= 11 is 3.36. The number of esters is 1. The molecule has 0 unspecified atom stereocenters. The van der Waals surface area contributed by atoms with Crippen LogP contribution < -0.4 is 0 Å². The van der Waals surface area contributed by atoms with E-state index in [1.54, 1.807) is 23.6 Å². The first-order chi connectivity index (χ1) is 10.2. The summed E-state index contributed by atoms with van der Waals surface area (Å²) in [5, 5.41) is 26.9.